The molecule has 0 spiro atoms. The van der Waals surface area contributed by atoms with Crippen molar-refractivity contribution >= 4 is 29.3 Å². The molecule has 1 aromatic carbocycles. The normalized spacial score (nSPS) is 13.6. The lowest BCUT2D eigenvalue weighted by Crippen LogP contribution is -2.00. The van der Waals surface area contributed by atoms with Crippen molar-refractivity contribution in [3.8, 4) is 11.5 Å². The van der Waals surface area contributed by atoms with Crippen LogP contribution in [0.3, 0.4) is 0 Å². The van der Waals surface area contributed by atoms with Crippen LogP contribution < -0.4 is 14.8 Å². The number of hydrogen-bond acceptors (Lipinski definition) is 7. The third-order valence-corrected chi connectivity index (χ3v) is 3.76. The number of nitrogens with zero attached hydrogens (tertiary/aromatic N) is 3. The van der Waals surface area contributed by atoms with Crippen molar-refractivity contribution in [2.75, 3.05) is 25.6 Å². The summed E-state index contributed by atoms with van der Waals surface area (Å²) >= 11 is 7.26. The number of hydrogen-bond donors (Lipinski definition) is 1. The fourth-order valence-corrected chi connectivity index (χ4v) is 2.79. The van der Waals surface area contributed by atoms with Gasteiger partial charge in [-0.05, 0) is 41.6 Å². The Kier molecular flexibility index (Phi) is 4.31. The maximum Gasteiger partial charge on any atom is 0.228 e. The summed E-state index contributed by atoms with van der Waals surface area (Å²) in [5, 5.41) is 3.53. The highest BCUT2D eigenvalue weighted by Crippen LogP contribution is 2.35. The zero-order chi connectivity index (χ0) is 14.7. The van der Waals surface area contributed by atoms with E-state index in [4.69, 9.17) is 21.1 Å². The van der Waals surface area contributed by atoms with Gasteiger partial charge in [-0.25, -0.2) is 0 Å². The van der Waals surface area contributed by atoms with Gasteiger partial charge in [0.15, 0.2) is 16.7 Å². The van der Waals surface area contributed by atoms with Crippen molar-refractivity contribution in [3.05, 3.63) is 23.5 Å². The molecule has 6 nitrogen and oxygen atoms in total. The van der Waals surface area contributed by atoms with Gasteiger partial charge in [0.1, 0.15) is 0 Å². The van der Waals surface area contributed by atoms with Crippen molar-refractivity contribution < 1.29 is 9.47 Å². The molecule has 0 fully saturated rings. The van der Waals surface area contributed by atoms with Crippen LogP contribution in [0.15, 0.2) is 28.3 Å². The van der Waals surface area contributed by atoms with Gasteiger partial charge in [0.2, 0.25) is 11.2 Å². The largest absolute Gasteiger partial charge is 0.490 e. The smallest absolute Gasteiger partial charge is 0.228 e. The minimum absolute atomic E-state index is 0.159. The summed E-state index contributed by atoms with van der Waals surface area (Å²) in [6.45, 7) is 1.33. The van der Waals surface area contributed by atoms with Crippen molar-refractivity contribution in [1.29, 1.82) is 0 Å². The summed E-state index contributed by atoms with van der Waals surface area (Å²) in [6, 6.07) is 5.75. The van der Waals surface area contributed by atoms with Gasteiger partial charge < -0.3 is 14.8 Å². The molecule has 0 amide bonds. The van der Waals surface area contributed by atoms with E-state index >= 15 is 0 Å². The quantitative estimate of drug-likeness (QED) is 0.930. The molecule has 0 saturated heterocycles. The Bertz CT molecular complexity index is 656. The van der Waals surface area contributed by atoms with Gasteiger partial charge in [0.05, 0.1) is 13.2 Å². The number of halogens is 1. The average Bonchev–Trinajstić information content (AvgIpc) is 2.71. The molecule has 0 unspecified atom stereocenters. The Balaban J connectivity index is 1.85. The molecule has 1 aliphatic rings. The number of aromatic nitrogens is 3. The van der Waals surface area contributed by atoms with E-state index in [0.717, 1.165) is 22.8 Å². The molecule has 0 atom stereocenters. The lowest BCUT2D eigenvalue weighted by Gasteiger charge is -2.09. The van der Waals surface area contributed by atoms with Crippen molar-refractivity contribution in [2.24, 2.45) is 0 Å². The van der Waals surface area contributed by atoms with Gasteiger partial charge in [-0.1, -0.05) is 0 Å². The standard InChI is InChI=1S/C13H13ClN4O2S/c1-15-12-16-11(14)17-13(18-12)21-8-3-4-9-10(7-8)20-6-2-5-19-9/h3-4,7H,2,5-6H2,1H3,(H,15,16,17,18). The van der Waals surface area contributed by atoms with Gasteiger partial charge in [0, 0.05) is 18.4 Å². The van der Waals surface area contributed by atoms with Crippen LogP contribution in [-0.2, 0) is 0 Å². The first-order chi connectivity index (χ1) is 10.2. The van der Waals surface area contributed by atoms with E-state index in [2.05, 4.69) is 20.3 Å². The Labute approximate surface area is 131 Å². The predicted molar refractivity (Wildman–Crippen MR) is 80.6 cm³/mol. The second kappa shape index (κ2) is 6.36. The van der Waals surface area contributed by atoms with Gasteiger partial charge in [-0.15, -0.1) is 0 Å². The van der Waals surface area contributed by atoms with E-state index in [0.29, 0.717) is 24.3 Å². The Morgan fingerprint density at radius 3 is 2.76 bits per heavy atom. The minimum Gasteiger partial charge on any atom is -0.490 e. The highest BCUT2D eigenvalue weighted by molar-refractivity contribution is 7.99. The molecule has 1 N–H and O–H groups in total. The molecule has 0 saturated carbocycles. The monoisotopic (exact) mass is 324 g/mol. The molecule has 110 valence electrons. The Morgan fingerprint density at radius 1 is 1.14 bits per heavy atom. The summed E-state index contributed by atoms with van der Waals surface area (Å²) < 4.78 is 11.3. The van der Waals surface area contributed by atoms with Crippen LogP contribution in [0.1, 0.15) is 6.42 Å². The van der Waals surface area contributed by atoms with E-state index in [-0.39, 0.29) is 5.28 Å². The molecule has 3 rings (SSSR count). The Hall–Kier alpha value is -1.73. The van der Waals surface area contributed by atoms with Crippen LogP contribution in [0.5, 0.6) is 11.5 Å². The van der Waals surface area contributed by atoms with Crippen molar-refractivity contribution in [1.82, 2.24) is 15.0 Å². The minimum atomic E-state index is 0.159. The van der Waals surface area contributed by atoms with E-state index in [1.807, 2.05) is 18.2 Å². The topological polar surface area (TPSA) is 69.2 Å². The lowest BCUT2D eigenvalue weighted by molar-refractivity contribution is 0.297. The van der Waals surface area contributed by atoms with E-state index in [1.54, 1.807) is 7.05 Å². The summed E-state index contributed by atoms with van der Waals surface area (Å²) in [5.74, 6) is 1.94. The first-order valence-corrected chi connectivity index (χ1v) is 7.61. The number of benzene rings is 1. The summed E-state index contributed by atoms with van der Waals surface area (Å²) in [5.41, 5.74) is 0. The summed E-state index contributed by atoms with van der Waals surface area (Å²) in [6.07, 6.45) is 0.881. The molecule has 21 heavy (non-hydrogen) atoms. The molecule has 0 radical (unpaired) electrons. The SMILES string of the molecule is CNc1nc(Cl)nc(Sc2ccc3c(c2)OCCCO3)n1. The van der Waals surface area contributed by atoms with Crippen molar-refractivity contribution in [2.45, 2.75) is 16.5 Å². The van der Waals surface area contributed by atoms with Crippen LogP contribution in [-0.4, -0.2) is 35.2 Å². The van der Waals surface area contributed by atoms with Gasteiger partial charge in [0.25, 0.3) is 0 Å². The predicted octanol–water partition coefficient (Wildman–Crippen LogP) is 2.88. The van der Waals surface area contributed by atoms with E-state index < -0.39 is 0 Å². The van der Waals surface area contributed by atoms with Gasteiger partial charge >= 0.3 is 0 Å². The van der Waals surface area contributed by atoms with Gasteiger partial charge in [-0.2, -0.15) is 15.0 Å². The molecule has 1 aromatic heterocycles. The van der Waals surface area contributed by atoms with Gasteiger partial charge in [-0.3, -0.25) is 0 Å². The maximum atomic E-state index is 5.87. The highest BCUT2D eigenvalue weighted by Gasteiger charge is 2.12. The average molecular weight is 325 g/mol. The fraction of sp³-hybridized carbons (Fsp3) is 0.308. The highest BCUT2D eigenvalue weighted by atomic mass is 35.5. The number of rotatable bonds is 3. The van der Waals surface area contributed by atoms with Crippen LogP contribution in [0.25, 0.3) is 0 Å². The molecule has 8 heteroatoms. The molecular formula is C13H13ClN4O2S. The molecule has 1 aliphatic heterocycles. The lowest BCUT2D eigenvalue weighted by atomic mass is 10.3. The third-order valence-electron chi connectivity index (χ3n) is 2.74. The zero-order valence-electron chi connectivity index (χ0n) is 11.3. The maximum absolute atomic E-state index is 5.87. The van der Waals surface area contributed by atoms with Crippen LogP contribution in [0, 0.1) is 0 Å². The van der Waals surface area contributed by atoms with Crippen molar-refractivity contribution in [3.63, 3.8) is 0 Å². The van der Waals surface area contributed by atoms with Crippen LogP contribution >= 0.6 is 23.4 Å². The van der Waals surface area contributed by atoms with E-state index in [1.165, 1.54) is 11.8 Å². The molecule has 0 bridgehead atoms. The Morgan fingerprint density at radius 2 is 1.95 bits per heavy atom. The zero-order valence-corrected chi connectivity index (χ0v) is 12.9. The second-order valence-corrected chi connectivity index (χ2v) is 5.60. The first-order valence-electron chi connectivity index (χ1n) is 6.41. The second-order valence-electron chi connectivity index (χ2n) is 4.22. The number of fused-ring (bicyclic) bond motifs is 1. The third kappa shape index (κ3) is 3.48. The molecule has 2 heterocycles. The summed E-state index contributed by atoms with van der Waals surface area (Å²) in [4.78, 5) is 13.3. The summed E-state index contributed by atoms with van der Waals surface area (Å²) in [7, 11) is 1.73. The molecular weight excluding hydrogens is 312 g/mol. The van der Waals surface area contributed by atoms with E-state index in [9.17, 15) is 0 Å². The molecule has 2 aromatic rings. The van der Waals surface area contributed by atoms with Crippen LogP contribution in [0.4, 0.5) is 5.95 Å². The number of ether oxygens (including phenoxy) is 2. The number of nitrogens with one attached hydrogen (secondary N) is 1. The fourth-order valence-electron chi connectivity index (χ4n) is 1.80. The number of anilines is 1. The molecule has 0 aliphatic carbocycles. The first kappa shape index (κ1) is 14.2. The van der Waals surface area contributed by atoms with Crippen LogP contribution in [0.2, 0.25) is 5.28 Å².